The second kappa shape index (κ2) is 4.17. The van der Waals surface area contributed by atoms with E-state index in [0.717, 1.165) is 5.39 Å². The van der Waals surface area contributed by atoms with Crippen molar-refractivity contribution < 1.29 is 9.23 Å². The van der Waals surface area contributed by atoms with Gasteiger partial charge in [-0.15, -0.1) is 0 Å². The molecule has 21 heavy (non-hydrogen) atoms. The normalized spacial score (nSPS) is 11.2. The quantitative estimate of drug-likeness (QED) is 0.579. The lowest BCUT2D eigenvalue weighted by molar-refractivity contribution is -0.692. The Morgan fingerprint density at radius 3 is 2.52 bits per heavy atom. The van der Waals surface area contributed by atoms with Crippen LogP contribution in [0.25, 0.3) is 27.6 Å². The van der Waals surface area contributed by atoms with Gasteiger partial charge in [0.15, 0.2) is 4.60 Å². The monoisotopic (exact) mass is 280 g/mol. The zero-order chi connectivity index (χ0) is 14.4. The Kier molecular flexibility index (Phi) is 2.32. The third kappa shape index (κ3) is 1.56. The van der Waals surface area contributed by atoms with Crippen LogP contribution in [0.1, 0.15) is 0 Å². The van der Waals surface area contributed by atoms with Crippen LogP contribution >= 0.6 is 0 Å². The number of nitrogens with one attached hydrogen (secondary N) is 1. The van der Waals surface area contributed by atoms with E-state index in [9.17, 15) is 9.70 Å². The van der Waals surface area contributed by atoms with Gasteiger partial charge in [0.25, 0.3) is 0 Å². The van der Waals surface area contributed by atoms with Gasteiger partial charge in [-0.2, -0.15) is 0 Å². The molecule has 0 unspecified atom stereocenters. The van der Waals surface area contributed by atoms with Gasteiger partial charge in [0, 0.05) is 5.69 Å². The van der Waals surface area contributed by atoms with Gasteiger partial charge >= 0.3 is 11.1 Å². The molecule has 0 fully saturated rings. The van der Waals surface area contributed by atoms with E-state index in [0.29, 0.717) is 16.7 Å². The number of H-pyrrole nitrogens is 1. The van der Waals surface area contributed by atoms with Crippen LogP contribution < -0.4 is 10.2 Å². The lowest BCUT2D eigenvalue weighted by Crippen LogP contribution is -2.26. The molecule has 4 rings (SSSR count). The van der Waals surface area contributed by atoms with Gasteiger partial charge in [-0.3, -0.25) is 9.36 Å². The summed E-state index contributed by atoms with van der Waals surface area (Å²) in [4.78, 5) is 24.4. The van der Waals surface area contributed by atoms with Gasteiger partial charge in [-0.1, -0.05) is 40.1 Å². The Morgan fingerprint density at radius 2 is 1.71 bits per heavy atom. The molecule has 0 atom stereocenters. The van der Waals surface area contributed by atoms with E-state index in [1.54, 1.807) is 0 Å². The minimum absolute atomic E-state index is 0.0439. The van der Waals surface area contributed by atoms with E-state index in [-0.39, 0.29) is 10.1 Å². The van der Waals surface area contributed by atoms with Crippen LogP contribution in [0, 0.1) is 4.91 Å². The second-order valence-corrected chi connectivity index (χ2v) is 4.67. The number of rotatable bonds is 1. The molecule has 6 heteroatoms. The van der Waals surface area contributed by atoms with E-state index in [1.165, 1.54) is 4.57 Å². The number of aromatic amines is 1. The van der Waals surface area contributed by atoms with Crippen molar-refractivity contribution in [2.24, 2.45) is 0 Å². The number of fused-ring (bicyclic) bond motifs is 3. The van der Waals surface area contributed by atoms with Gasteiger partial charge in [-0.25, -0.2) is 0 Å². The summed E-state index contributed by atoms with van der Waals surface area (Å²) in [5.74, 6) is 0. The van der Waals surface area contributed by atoms with Crippen LogP contribution in [0.3, 0.4) is 0 Å². The fourth-order valence-corrected chi connectivity index (χ4v) is 2.57. The maximum Gasteiger partial charge on any atom is 0.337 e. The molecule has 0 saturated carbocycles. The van der Waals surface area contributed by atoms with E-state index in [1.807, 2.05) is 54.6 Å². The summed E-state index contributed by atoms with van der Waals surface area (Å²) in [7, 11) is 0. The Balaban J connectivity index is 2.33. The molecule has 0 aliphatic rings. The zero-order valence-electron chi connectivity index (χ0n) is 10.8. The highest BCUT2D eigenvalue weighted by molar-refractivity contribution is 6.01. The predicted molar refractivity (Wildman–Crippen MR) is 77.0 cm³/mol. The maximum absolute atomic E-state index is 12.7. The fourth-order valence-electron chi connectivity index (χ4n) is 2.57. The zero-order valence-corrected chi connectivity index (χ0v) is 10.8. The first-order chi connectivity index (χ1) is 10.3. The molecule has 102 valence electrons. The van der Waals surface area contributed by atoms with Crippen LogP contribution in [-0.4, -0.2) is 9.72 Å². The first-order valence-corrected chi connectivity index (χ1v) is 6.41. The van der Waals surface area contributed by atoms with Crippen molar-refractivity contribution in [1.82, 2.24) is 9.72 Å². The van der Waals surface area contributed by atoms with Crippen LogP contribution in [0.2, 0.25) is 0 Å². The molecule has 0 radical (unpaired) electrons. The summed E-state index contributed by atoms with van der Waals surface area (Å²) in [6.07, 6.45) is 0. The summed E-state index contributed by atoms with van der Waals surface area (Å²) < 4.78 is 6.44. The van der Waals surface area contributed by atoms with Crippen molar-refractivity contribution in [3.63, 3.8) is 0 Å². The maximum atomic E-state index is 12.7. The minimum Gasteiger partial charge on any atom is -0.273 e. The number of benzene rings is 2. The standard InChI is InChI=1S/C15H9N3O3/c19-15-14-13(16-21-18(14)20)11-8-4-5-9-12(11)17(15)10-6-2-1-3-7-10/h1-9H/p+1. The highest BCUT2D eigenvalue weighted by Gasteiger charge is 2.22. The summed E-state index contributed by atoms with van der Waals surface area (Å²) >= 11 is 0. The van der Waals surface area contributed by atoms with Gasteiger partial charge in [0.2, 0.25) is 5.52 Å². The molecule has 0 amide bonds. The number of hydrogen-bond donors (Lipinski definition) is 1. The molecule has 0 spiro atoms. The van der Waals surface area contributed by atoms with Crippen LogP contribution in [-0.2, 0) is 0 Å². The number of hydrogen-bond acceptors (Lipinski definition) is 3. The van der Waals surface area contributed by atoms with Crippen molar-refractivity contribution in [2.75, 3.05) is 0 Å². The van der Waals surface area contributed by atoms with E-state index < -0.39 is 5.56 Å². The topological polar surface area (TPSA) is 73.9 Å². The molecule has 2 heterocycles. The largest absolute Gasteiger partial charge is 0.337 e. The van der Waals surface area contributed by atoms with Crippen molar-refractivity contribution in [3.8, 4) is 5.69 Å². The van der Waals surface area contributed by atoms with Gasteiger partial charge in [0.1, 0.15) is 0 Å². The lowest BCUT2D eigenvalue weighted by atomic mass is 10.1. The molecule has 0 saturated heterocycles. The highest BCUT2D eigenvalue weighted by Crippen LogP contribution is 2.21. The molecule has 0 aliphatic heterocycles. The van der Waals surface area contributed by atoms with E-state index in [2.05, 4.69) is 5.16 Å². The Labute approximate surface area is 117 Å². The molecule has 2 aromatic carbocycles. The van der Waals surface area contributed by atoms with E-state index in [4.69, 9.17) is 4.63 Å². The third-order valence-electron chi connectivity index (χ3n) is 3.48. The first-order valence-electron chi connectivity index (χ1n) is 6.41. The van der Waals surface area contributed by atoms with Crippen molar-refractivity contribution in [2.45, 2.75) is 0 Å². The first kappa shape index (κ1) is 11.7. The van der Waals surface area contributed by atoms with Gasteiger partial charge in [0.05, 0.1) is 10.9 Å². The lowest BCUT2D eigenvalue weighted by Gasteiger charge is -2.08. The molecule has 2 aromatic heterocycles. The second-order valence-electron chi connectivity index (χ2n) is 4.67. The molecule has 0 bridgehead atoms. The smallest absolute Gasteiger partial charge is 0.273 e. The van der Waals surface area contributed by atoms with Crippen molar-refractivity contribution in [1.29, 1.82) is 0 Å². The predicted octanol–water partition coefficient (Wildman–Crippen LogP) is 1.98. The number of aromatic nitrogens is 3. The van der Waals surface area contributed by atoms with E-state index >= 15 is 0 Å². The summed E-state index contributed by atoms with van der Waals surface area (Å²) in [6.45, 7) is 0. The average Bonchev–Trinajstić information content (AvgIpc) is 2.91. The Hall–Kier alpha value is -3.15. The Morgan fingerprint density at radius 1 is 1.00 bits per heavy atom. The van der Waals surface area contributed by atoms with Crippen molar-refractivity contribution >= 4 is 21.9 Å². The number of nitrogens with zero attached hydrogens (tertiary/aromatic N) is 2. The van der Waals surface area contributed by atoms with Crippen molar-refractivity contribution in [3.05, 3.63) is 69.9 Å². The molecule has 4 aromatic rings. The Bertz CT molecular complexity index is 1070. The minimum atomic E-state index is -0.421. The number of pyridine rings is 1. The summed E-state index contributed by atoms with van der Waals surface area (Å²) in [6, 6.07) is 16.5. The van der Waals surface area contributed by atoms with Gasteiger partial charge in [-0.05, 0) is 29.2 Å². The summed E-state index contributed by atoms with van der Waals surface area (Å²) in [5, 5.41) is 3.26. The molecule has 6 nitrogen and oxygen atoms in total. The van der Waals surface area contributed by atoms with Crippen LogP contribution in [0.15, 0.2) is 64.0 Å². The SMILES string of the molecule is O=c1c2c([nH]o[n+]2=O)c2ccccc2n1-c1ccccc1. The van der Waals surface area contributed by atoms with Crippen LogP contribution in [0.5, 0.6) is 0 Å². The molecular weight excluding hydrogens is 270 g/mol. The fraction of sp³-hybridized carbons (Fsp3) is 0. The average molecular weight is 280 g/mol. The molecular formula is C15H10N3O3+. The molecule has 1 N–H and O–H groups in total. The number of para-hydroxylation sites is 2. The van der Waals surface area contributed by atoms with Crippen LogP contribution in [0.4, 0.5) is 0 Å². The highest BCUT2D eigenvalue weighted by atomic mass is 16.7. The van der Waals surface area contributed by atoms with Gasteiger partial charge < -0.3 is 0 Å². The third-order valence-corrected chi connectivity index (χ3v) is 3.48. The summed E-state index contributed by atoms with van der Waals surface area (Å²) in [5.41, 5.74) is 1.34. The molecule has 0 aliphatic carbocycles.